The van der Waals surface area contributed by atoms with Crippen molar-refractivity contribution < 1.29 is 4.79 Å². The van der Waals surface area contributed by atoms with Gasteiger partial charge in [-0.3, -0.25) is 4.79 Å². The Balaban J connectivity index is 2.00. The molecule has 1 amide bonds. The van der Waals surface area contributed by atoms with Gasteiger partial charge in [0.1, 0.15) is 0 Å². The first-order valence-electron chi connectivity index (χ1n) is 6.99. The molecule has 1 aromatic heterocycles. The van der Waals surface area contributed by atoms with Crippen molar-refractivity contribution in [1.82, 2.24) is 10.3 Å². The summed E-state index contributed by atoms with van der Waals surface area (Å²) in [5.41, 5.74) is 0.773. The third-order valence-corrected chi connectivity index (χ3v) is 4.90. The van der Waals surface area contributed by atoms with E-state index < -0.39 is 0 Å². The molecule has 4 nitrogen and oxygen atoms in total. The molecule has 0 radical (unpaired) electrons. The average molecular weight is 281 g/mol. The SMILES string of the molecule is CNC(C)c1csc(NC(=O)C2(C)CCCCC2)n1. The predicted molar refractivity (Wildman–Crippen MR) is 79.4 cm³/mol. The molecule has 1 unspecified atom stereocenters. The molecule has 106 valence electrons. The summed E-state index contributed by atoms with van der Waals surface area (Å²) in [5, 5.41) is 8.86. The van der Waals surface area contributed by atoms with Gasteiger partial charge in [0.15, 0.2) is 5.13 Å². The number of amides is 1. The summed E-state index contributed by atoms with van der Waals surface area (Å²) in [6.45, 7) is 4.13. The Labute approximate surface area is 119 Å². The summed E-state index contributed by atoms with van der Waals surface area (Å²) in [7, 11) is 1.91. The van der Waals surface area contributed by atoms with E-state index >= 15 is 0 Å². The smallest absolute Gasteiger partial charge is 0.232 e. The largest absolute Gasteiger partial charge is 0.312 e. The first-order valence-corrected chi connectivity index (χ1v) is 7.87. The summed E-state index contributed by atoms with van der Waals surface area (Å²) >= 11 is 1.50. The number of anilines is 1. The fourth-order valence-electron chi connectivity index (χ4n) is 2.50. The zero-order chi connectivity index (χ0) is 13.9. The molecule has 1 aromatic rings. The van der Waals surface area contributed by atoms with Crippen LogP contribution in [0.2, 0.25) is 0 Å². The van der Waals surface area contributed by atoms with E-state index in [1.165, 1.54) is 17.8 Å². The van der Waals surface area contributed by atoms with Crippen LogP contribution in [0.15, 0.2) is 5.38 Å². The maximum atomic E-state index is 12.4. The molecular formula is C14H23N3OS. The van der Waals surface area contributed by atoms with Crippen molar-refractivity contribution in [2.75, 3.05) is 12.4 Å². The maximum Gasteiger partial charge on any atom is 0.232 e. The van der Waals surface area contributed by atoms with Gasteiger partial charge in [-0.15, -0.1) is 11.3 Å². The Kier molecular flexibility index (Phi) is 4.58. The van der Waals surface area contributed by atoms with Crippen molar-refractivity contribution in [2.45, 2.75) is 52.0 Å². The zero-order valence-electron chi connectivity index (χ0n) is 12.0. The number of thiazole rings is 1. The van der Waals surface area contributed by atoms with Gasteiger partial charge in [-0.2, -0.15) is 0 Å². The number of rotatable bonds is 4. The third-order valence-electron chi connectivity index (χ3n) is 4.12. The third kappa shape index (κ3) is 3.34. The van der Waals surface area contributed by atoms with Gasteiger partial charge < -0.3 is 10.6 Å². The molecule has 1 fully saturated rings. The summed E-state index contributed by atoms with van der Waals surface area (Å²) in [4.78, 5) is 16.8. The van der Waals surface area contributed by atoms with Gasteiger partial charge in [0, 0.05) is 16.8 Å². The fourth-order valence-corrected chi connectivity index (χ4v) is 3.30. The van der Waals surface area contributed by atoms with Crippen LogP contribution in [-0.4, -0.2) is 17.9 Å². The second-order valence-electron chi connectivity index (χ2n) is 5.66. The van der Waals surface area contributed by atoms with Gasteiger partial charge in [-0.1, -0.05) is 26.2 Å². The standard InChI is InChI=1S/C14H23N3OS/c1-10(15-3)11-9-19-13(16-11)17-12(18)14(2)7-5-4-6-8-14/h9-10,15H,4-8H2,1-3H3,(H,16,17,18). The number of nitrogens with zero attached hydrogens (tertiary/aromatic N) is 1. The van der Waals surface area contributed by atoms with Gasteiger partial charge in [0.2, 0.25) is 5.91 Å². The van der Waals surface area contributed by atoms with Gasteiger partial charge in [0.25, 0.3) is 0 Å². The lowest BCUT2D eigenvalue weighted by molar-refractivity contribution is -0.126. The number of carbonyl (C=O) groups excluding carboxylic acids is 1. The predicted octanol–water partition coefficient (Wildman–Crippen LogP) is 3.33. The summed E-state index contributed by atoms with van der Waals surface area (Å²) in [6, 6.07) is 0.215. The number of carbonyl (C=O) groups is 1. The molecular weight excluding hydrogens is 258 g/mol. The average Bonchev–Trinajstić information content (AvgIpc) is 2.87. The molecule has 0 saturated heterocycles. The molecule has 0 spiro atoms. The quantitative estimate of drug-likeness (QED) is 0.890. The van der Waals surface area contributed by atoms with E-state index in [1.807, 2.05) is 12.4 Å². The normalized spacial score (nSPS) is 19.9. The second kappa shape index (κ2) is 6.01. The number of hydrogen-bond donors (Lipinski definition) is 2. The van der Waals surface area contributed by atoms with E-state index in [9.17, 15) is 4.79 Å². The van der Waals surface area contributed by atoms with E-state index in [0.717, 1.165) is 31.4 Å². The molecule has 5 heteroatoms. The van der Waals surface area contributed by atoms with Crippen LogP contribution in [0.5, 0.6) is 0 Å². The van der Waals surface area contributed by atoms with Crippen LogP contribution in [0.25, 0.3) is 0 Å². The summed E-state index contributed by atoms with van der Waals surface area (Å²) in [5.74, 6) is 0.130. The Hall–Kier alpha value is -0.940. The molecule has 1 aliphatic carbocycles. The van der Waals surface area contributed by atoms with E-state index in [1.54, 1.807) is 0 Å². The molecule has 0 aromatic carbocycles. The van der Waals surface area contributed by atoms with Crippen LogP contribution < -0.4 is 10.6 Å². The van der Waals surface area contributed by atoms with Gasteiger partial charge in [-0.05, 0) is 26.8 Å². The second-order valence-corrected chi connectivity index (χ2v) is 6.52. The highest BCUT2D eigenvalue weighted by molar-refractivity contribution is 7.13. The maximum absolute atomic E-state index is 12.4. The van der Waals surface area contributed by atoms with E-state index in [-0.39, 0.29) is 17.4 Å². The Morgan fingerprint density at radius 2 is 2.11 bits per heavy atom. The molecule has 1 aliphatic rings. The van der Waals surface area contributed by atoms with Crippen LogP contribution in [0, 0.1) is 5.41 Å². The van der Waals surface area contributed by atoms with Crippen LogP contribution in [0.3, 0.4) is 0 Å². The van der Waals surface area contributed by atoms with E-state index in [2.05, 4.69) is 29.5 Å². The minimum atomic E-state index is -0.210. The lowest BCUT2D eigenvalue weighted by Crippen LogP contribution is -2.35. The molecule has 1 heterocycles. The van der Waals surface area contributed by atoms with Gasteiger partial charge in [-0.25, -0.2) is 4.98 Å². The minimum Gasteiger partial charge on any atom is -0.312 e. The van der Waals surface area contributed by atoms with Crippen molar-refractivity contribution >= 4 is 22.4 Å². The number of nitrogens with one attached hydrogen (secondary N) is 2. The highest BCUT2D eigenvalue weighted by atomic mass is 32.1. The summed E-state index contributed by atoms with van der Waals surface area (Å²) < 4.78 is 0. The van der Waals surface area contributed by atoms with E-state index in [0.29, 0.717) is 5.13 Å². The fraction of sp³-hybridized carbons (Fsp3) is 0.714. The number of hydrogen-bond acceptors (Lipinski definition) is 4. The van der Waals surface area contributed by atoms with Crippen LogP contribution in [0.1, 0.15) is 57.7 Å². The monoisotopic (exact) mass is 281 g/mol. The Morgan fingerprint density at radius 1 is 1.42 bits per heavy atom. The van der Waals surface area contributed by atoms with Crippen molar-refractivity contribution in [3.05, 3.63) is 11.1 Å². The molecule has 2 rings (SSSR count). The molecule has 19 heavy (non-hydrogen) atoms. The van der Waals surface area contributed by atoms with Crippen molar-refractivity contribution in [3.8, 4) is 0 Å². The van der Waals surface area contributed by atoms with E-state index in [4.69, 9.17) is 0 Å². The van der Waals surface area contributed by atoms with Crippen LogP contribution in [0.4, 0.5) is 5.13 Å². The Bertz CT molecular complexity index is 438. The molecule has 0 aliphatic heterocycles. The summed E-state index contributed by atoms with van der Waals surface area (Å²) in [6.07, 6.45) is 5.55. The van der Waals surface area contributed by atoms with Gasteiger partial charge in [0.05, 0.1) is 5.69 Å². The molecule has 1 saturated carbocycles. The molecule has 2 N–H and O–H groups in total. The minimum absolute atomic E-state index is 0.130. The molecule has 1 atom stereocenters. The van der Waals surface area contributed by atoms with Gasteiger partial charge >= 0.3 is 0 Å². The lowest BCUT2D eigenvalue weighted by Gasteiger charge is -2.31. The first-order chi connectivity index (χ1) is 9.05. The van der Waals surface area contributed by atoms with Crippen molar-refractivity contribution in [3.63, 3.8) is 0 Å². The first kappa shape index (κ1) is 14.5. The molecule has 0 bridgehead atoms. The highest BCUT2D eigenvalue weighted by Gasteiger charge is 2.34. The zero-order valence-corrected chi connectivity index (χ0v) is 12.8. The highest BCUT2D eigenvalue weighted by Crippen LogP contribution is 2.37. The van der Waals surface area contributed by atoms with Crippen LogP contribution in [-0.2, 0) is 4.79 Å². The topological polar surface area (TPSA) is 54.0 Å². The lowest BCUT2D eigenvalue weighted by atomic mass is 9.75. The number of aromatic nitrogens is 1. The van der Waals surface area contributed by atoms with Crippen molar-refractivity contribution in [2.24, 2.45) is 5.41 Å². The van der Waals surface area contributed by atoms with Crippen molar-refractivity contribution in [1.29, 1.82) is 0 Å². The Morgan fingerprint density at radius 3 is 2.74 bits per heavy atom. The van der Waals surface area contributed by atoms with Crippen LogP contribution >= 0.6 is 11.3 Å².